The van der Waals surface area contributed by atoms with E-state index in [1.54, 1.807) is 6.20 Å². The SMILES string of the molecule is CCCC(C)Cn1ccnc1C=O. The Balaban J connectivity index is 2.57. The van der Waals surface area contributed by atoms with Crippen LogP contribution in [0.2, 0.25) is 0 Å². The Kier molecular flexibility index (Phi) is 3.68. The average molecular weight is 180 g/mol. The van der Waals surface area contributed by atoms with E-state index in [0.29, 0.717) is 11.7 Å². The Labute approximate surface area is 78.8 Å². The zero-order valence-corrected chi connectivity index (χ0v) is 8.23. The van der Waals surface area contributed by atoms with Crippen LogP contribution in [0.1, 0.15) is 37.3 Å². The second kappa shape index (κ2) is 4.80. The molecule has 0 bridgehead atoms. The Morgan fingerprint density at radius 1 is 1.69 bits per heavy atom. The van der Waals surface area contributed by atoms with Crippen LogP contribution in [0.15, 0.2) is 12.4 Å². The highest BCUT2D eigenvalue weighted by molar-refractivity contribution is 5.69. The molecule has 0 saturated heterocycles. The minimum Gasteiger partial charge on any atom is -0.329 e. The van der Waals surface area contributed by atoms with E-state index in [1.807, 2.05) is 10.8 Å². The molecule has 0 amide bonds. The lowest BCUT2D eigenvalue weighted by Gasteiger charge is -2.11. The number of hydrogen-bond donors (Lipinski definition) is 0. The predicted octanol–water partition coefficient (Wildman–Crippen LogP) is 2.13. The van der Waals surface area contributed by atoms with Gasteiger partial charge in [0.25, 0.3) is 0 Å². The molecule has 0 aliphatic rings. The molecule has 0 radical (unpaired) electrons. The van der Waals surface area contributed by atoms with Crippen molar-refractivity contribution in [3.63, 3.8) is 0 Å². The monoisotopic (exact) mass is 180 g/mol. The number of nitrogens with zero attached hydrogens (tertiary/aromatic N) is 2. The fraction of sp³-hybridized carbons (Fsp3) is 0.600. The second-order valence-electron chi connectivity index (χ2n) is 3.45. The third-order valence-electron chi connectivity index (χ3n) is 2.14. The molecule has 0 aliphatic heterocycles. The van der Waals surface area contributed by atoms with Crippen molar-refractivity contribution in [3.8, 4) is 0 Å². The van der Waals surface area contributed by atoms with Gasteiger partial charge < -0.3 is 4.57 Å². The van der Waals surface area contributed by atoms with Crippen molar-refractivity contribution >= 4 is 6.29 Å². The normalized spacial score (nSPS) is 12.8. The number of aldehydes is 1. The lowest BCUT2D eigenvalue weighted by molar-refractivity contribution is 0.111. The quantitative estimate of drug-likeness (QED) is 0.650. The van der Waals surface area contributed by atoms with Crippen LogP contribution in [-0.2, 0) is 6.54 Å². The summed E-state index contributed by atoms with van der Waals surface area (Å²) in [7, 11) is 0. The maximum Gasteiger partial charge on any atom is 0.185 e. The maximum atomic E-state index is 10.5. The maximum absolute atomic E-state index is 10.5. The Morgan fingerprint density at radius 2 is 2.46 bits per heavy atom. The molecular weight excluding hydrogens is 164 g/mol. The first-order valence-corrected chi connectivity index (χ1v) is 4.74. The van der Waals surface area contributed by atoms with Crippen LogP contribution >= 0.6 is 0 Å². The summed E-state index contributed by atoms with van der Waals surface area (Å²) in [5, 5.41) is 0. The van der Waals surface area contributed by atoms with Gasteiger partial charge in [-0.3, -0.25) is 4.79 Å². The molecule has 1 rings (SSSR count). The van der Waals surface area contributed by atoms with Crippen molar-refractivity contribution in [2.45, 2.75) is 33.2 Å². The number of carbonyl (C=O) groups excluding carboxylic acids is 1. The van der Waals surface area contributed by atoms with Gasteiger partial charge >= 0.3 is 0 Å². The molecule has 1 heterocycles. The van der Waals surface area contributed by atoms with Gasteiger partial charge in [0.15, 0.2) is 12.1 Å². The standard InChI is InChI=1S/C10H16N2O/c1-3-4-9(2)7-12-6-5-11-10(12)8-13/h5-6,8-9H,3-4,7H2,1-2H3. The zero-order valence-electron chi connectivity index (χ0n) is 8.23. The van der Waals surface area contributed by atoms with Crippen LogP contribution in [-0.4, -0.2) is 15.8 Å². The van der Waals surface area contributed by atoms with Crippen LogP contribution in [0.3, 0.4) is 0 Å². The third kappa shape index (κ3) is 2.68. The van der Waals surface area contributed by atoms with Gasteiger partial charge in [0.2, 0.25) is 0 Å². The Hall–Kier alpha value is -1.12. The van der Waals surface area contributed by atoms with E-state index in [9.17, 15) is 4.79 Å². The highest BCUT2D eigenvalue weighted by atomic mass is 16.1. The third-order valence-corrected chi connectivity index (χ3v) is 2.14. The molecule has 1 unspecified atom stereocenters. The van der Waals surface area contributed by atoms with Crippen LogP contribution in [0.4, 0.5) is 0 Å². The van der Waals surface area contributed by atoms with E-state index in [0.717, 1.165) is 12.8 Å². The first-order chi connectivity index (χ1) is 6.27. The van der Waals surface area contributed by atoms with Crippen LogP contribution in [0, 0.1) is 5.92 Å². The van der Waals surface area contributed by atoms with E-state index in [1.165, 1.54) is 12.8 Å². The summed E-state index contributed by atoms with van der Waals surface area (Å²) >= 11 is 0. The summed E-state index contributed by atoms with van der Waals surface area (Å²) in [6.45, 7) is 5.26. The fourth-order valence-electron chi connectivity index (χ4n) is 1.51. The van der Waals surface area contributed by atoms with E-state index < -0.39 is 0 Å². The van der Waals surface area contributed by atoms with E-state index >= 15 is 0 Å². The highest BCUT2D eigenvalue weighted by Gasteiger charge is 2.05. The van der Waals surface area contributed by atoms with Crippen molar-refractivity contribution in [1.29, 1.82) is 0 Å². The number of aromatic nitrogens is 2. The summed E-state index contributed by atoms with van der Waals surface area (Å²) in [5.41, 5.74) is 0. The molecule has 3 heteroatoms. The van der Waals surface area contributed by atoms with Gasteiger partial charge in [-0.15, -0.1) is 0 Å². The topological polar surface area (TPSA) is 34.9 Å². The van der Waals surface area contributed by atoms with Crippen LogP contribution < -0.4 is 0 Å². The summed E-state index contributed by atoms with van der Waals surface area (Å²) < 4.78 is 1.91. The number of hydrogen-bond acceptors (Lipinski definition) is 2. The van der Waals surface area contributed by atoms with Crippen molar-refractivity contribution in [1.82, 2.24) is 9.55 Å². The van der Waals surface area contributed by atoms with Crippen LogP contribution in [0.5, 0.6) is 0 Å². The molecule has 1 atom stereocenters. The lowest BCUT2D eigenvalue weighted by Crippen LogP contribution is -2.09. The molecule has 0 N–H and O–H groups in total. The first-order valence-electron chi connectivity index (χ1n) is 4.74. The van der Waals surface area contributed by atoms with E-state index in [4.69, 9.17) is 0 Å². The highest BCUT2D eigenvalue weighted by Crippen LogP contribution is 2.09. The summed E-state index contributed by atoms with van der Waals surface area (Å²) in [5.74, 6) is 1.14. The molecular formula is C10H16N2O. The van der Waals surface area contributed by atoms with Crippen molar-refractivity contribution in [2.75, 3.05) is 0 Å². The molecule has 72 valence electrons. The zero-order chi connectivity index (χ0) is 9.68. The van der Waals surface area contributed by atoms with Gasteiger partial charge in [0.05, 0.1) is 0 Å². The molecule has 0 aliphatic carbocycles. The van der Waals surface area contributed by atoms with Gasteiger partial charge in [-0.05, 0) is 12.3 Å². The summed E-state index contributed by atoms with van der Waals surface area (Å²) in [6, 6.07) is 0. The Bertz CT molecular complexity index is 268. The summed E-state index contributed by atoms with van der Waals surface area (Å²) in [4.78, 5) is 14.5. The second-order valence-corrected chi connectivity index (χ2v) is 3.45. The van der Waals surface area contributed by atoms with Crippen LogP contribution in [0.25, 0.3) is 0 Å². The number of imidazole rings is 1. The minimum atomic E-state index is 0.531. The predicted molar refractivity (Wildman–Crippen MR) is 51.7 cm³/mol. The molecule has 0 spiro atoms. The minimum absolute atomic E-state index is 0.531. The van der Waals surface area contributed by atoms with Crippen molar-refractivity contribution in [3.05, 3.63) is 18.2 Å². The summed E-state index contributed by atoms with van der Waals surface area (Å²) in [6.07, 6.45) is 6.71. The fourth-order valence-corrected chi connectivity index (χ4v) is 1.51. The van der Waals surface area contributed by atoms with Gasteiger partial charge in [-0.1, -0.05) is 20.3 Å². The van der Waals surface area contributed by atoms with Crippen molar-refractivity contribution in [2.24, 2.45) is 5.92 Å². The smallest absolute Gasteiger partial charge is 0.185 e. The van der Waals surface area contributed by atoms with Gasteiger partial charge in [-0.2, -0.15) is 0 Å². The molecule has 0 aromatic carbocycles. The molecule has 0 fully saturated rings. The van der Waals surface area contributed by atoms with E-state index in [-0.39, 0.29) is 0 Å². The molecule has 0 saturated carbocycles. The lowest BCUT2D eigenvalue weighted by atomic mass is 10.1. The molecule has 3 nitrogen and oxygen atoms in total. The largest absolute Gasteiger partial charge is 0.329 e. The van der Waals surface area contributed by atoms with Gasteiger partial charge in [0, 0.05) is 18.9 Å². The van der Waals surface area contributed by atoms with Gasteiger partial charge in [0.1, 0.15) is 0 Å². The number of rotatable bonds is 5. The molecule has 13 heavy (non-hydrogen) atoms. The Morgan fingerprint density at radius 3 is 3.08 bits per heavy atom. The first kappa shape index (κ1) is 9.96. The average Bonchev–Trinajstić information content (AvgIpc) is 2.52. The molecule has 1 aromatic heterocycles. The van der Waals surface area contributed by atoms with E-state index in [2.05, 4.69) is 18.8 Å². The molecule has 1 aromatic rings. The van der Waals surface area contributed by atoms with Gasteiger partial charge in [-0.25, -0.2) is 4.98 Å². The number of carbonyl (C=O) groups is 1. The van der Waals surface area contributed by atoms with Crippen molar-refractivity contribution < 1.29 is 4.79 Å².